The van der Waals surface area contributed by atoms with Crippen LogP contribution < -0.4 is 11.1 Å². The minimum Gasteiger partial charge on any atom is -0.444 e. The number of carbonyl (C=O) groups is 3. The fourth-order valence-electron chi connectivity index (χ4n) is 6.34. The number of nitrogens with zero attached hydrogens (tertiary/aromatic N) is 3. The van der Waals surface area contributed by atoms with Gasteiger partial charge in [-0.3, -0.25) is 14.9 Å². The number of halogens is 2. The van der Waals surface area contributed by atoms with E-state index in [9.17, 15) is 14.4 Å². The van der Waals surface area contributed by atoms with Crippen LogP contribution in [0.25, 0.3) is 11.3 Å². The van der Waals surface area contributed by atoms with Crippen LogP contribution in [0.3, 0.4) is 0 Å². The van der Waals surface area contributed by atoms with Gasteiger partial charge in [-0.25, -0.2) is 13.9 Å². The molecule has 0 saturated heterocycles. The molecule has 3 fully saturated rings. The van der Waals surface area contributed by atoms with Crippen LogP contribution in [0, 0.1) is 11.2 Å². The van der Waals surface area contributed by atoms with Crippen molar-refractivity contribution in [2.24, 2.45) is 11.1 Å². The molecule has 2 bridgehead atoms. The van der Waals surface area contributed by atoms with Gasteiger partial charge < -0.3 is 15.0 Å². The topological polar surface area (TPSA) is 142 Å². The molecule has 3 N–H and O–H groups in total. The fourth-order valence-corrected chi connectivity index (χ4v) is 6.62. The molecule has 0 atom stereocenters. The molecular formula is C30H35ClFN5O5. The number of hydrogen-bond acceptors (Lipinski definition) is 7. The molecule has 12 heteroatoms. The summed E-state index contributed by atoms with van der Waals surface area (Å²) < 4.78 is 27.7. The number of Topliss-reactive ketones (excluding diaryl/α,β-unsaturated/α-hetero) is 1. The molecule has 2 aromatic heterocycles. The summed E-state index contributed by atoms with van der Waals surface area (Å²) in [5.74, 6) is -1.55. The Balaban J connectivity index is 1.38. The predicted molar refractivity (Wildman–Crippen MR) is 154 cm³/mol. The lowest BCUT2D eigenvalue weighted by atomic mass is 9.35. The maximum Gasteiger partial charge on any atom is 0.413 e. The van der Waals surface area contributed by atoms with Gasteiger partial charge in [0.15, 0.2) is 0 Å². The number of hydrogen-bond donors (Lipinski definition) is 2. The van der Waals surface area contributed by atoms with Crippen LogP contribution in [0.4, 0.5) is 15.0 Å². The van der Waals surface area contributed by atoms with E-state index in [0.29, 0.717) is 11.2 Å². The summed E-state index contributed by atoms with van der Waals surface area (Å²) in [7, 11) is 0. The third kappa shape index (κ3) is 5.42. The van der Waals surface area contributed by atoms with Crippen LogP contribution in [0.1, 0.15) is 94.2 Å². The monoisotopic (exact) mass is 599 g/mol. The predicted octanol–water partition coefficient (Wildman–Crippen LogP) is 6.15. The normalized spacial score (nSPS) is 21.1. The highest BCUT2D eigenvalue weighted by atomic mass is 35.5. The molecule has 42 heavy (non-hydrogen) atoms. The van der Waals surface area contributed by atoms with Crippen LogP contribution in [0.5, 0.6) is 0 Å². The summed E-state index contributed by atoms with van der Waals surface area (Å²) in [6, 6.07) is 4.41. The summed E-state index contributed by atoms with van der Waals surface area (Å²) >= 11 is 6.45. The second-order valence-corrected chi connectivity index (χ2v) is 13.6. The Bertz CT molecular complexity index is 1580. The SMILES string of the molecule is CC(C)n1nc(-c2ccc(CC(=O)Cc3cc(C45CC(C)(C4)C5)no3)c(F)c2Cl)c(C(N)=O)c1NC(=O)OC(C)(C)C. The smallest absolute Gasteiger partial charge is 0.413 e. The first kappa shape index (κ1) is 29.8. The molecule has 0 spiro atoms. The van der Waals surface area contributed by atoms with Gasteiger partial charge in [-0.2, -0.15) is 5.10 Å². The Hall–Kier alpha value is -3.73. The number of carbonyl (C=O) groups excluding carboxylic acids is 3. The third-order valence-corrected chi connectivity index (χ3v) is 8.21. The second-order valence-electron chi connectivity index (χ2n) is 13.2. The molecule has 0 radical (unpaired) electrons. The Kier molecular flexibility index (Phi) is 7.24. The zero-order valence-corrected chi connectivity index (χ0v) is 25.3. The molecule has 0 unspecified atom stereocenters. The van der Waals surface area contributed by atoms with Gasteiger partial charge in [0.1, 0.15) is 40.0 Å². The van der Waals surface area contributed by atoms with Crippen molar-refractivity contribution >= 4 is 35.2 Å². The third-order valence-electron chi connectivity index (χ3n) is 7.84. The Morgan fingerprint density at radius 1 is 1.21 bits per heavy atom. The van der Waals surface area contributed by atoms with Gasteiger partial charge in [-0.05, 0) is 64.9 Å². The molecule has 2 heterocycles. The number of rotatable bonds is 9. The molecule has 3 aliphatic carbocycles. The lowest BCUT2D eigenvalue weighted by Gasteiger charge is -2.68. The van der Waals surface area contributed by atoms with Crippen molar-refractivity contribution < 1.29 is 28.0 Å². The maximum absolute atomic E-state index is 15.5. The highest BCUT2D eigenvalue weighted by Crippen LogP contribution is 2.73. The van der Waals surface area contributed by atoms with Gasteiger partial charge in [-0.15, -0.1) is 0 Å². The van der Waals surface area contributed by atoms with Crippen molar-refractivity contribution in [1.29, 1.82) is 0 Å². The molecular weight excluding hydrogens is 565 g/mol. The Morgan fingerprint density at radius 2 is 1.88 bits per heavy atom. The molecule has 0 aliphatic heterocycles. The Labute approximate surface area is 248 Å². The van der Waals surface area contributed by atoms with E-state index < -0.39 is 23.4 Å². The number of nitrogens with two attached hydrogens (primary N) is 1. The minimum atomic E-state index is -0.905. The van der Waals surface area contributed by atoms with E-state index in [0.717, 1.165) is 25.0 Å². The number of aromatic nitrogens is 3. The van der Waals surface area contributed by atoms with Crippen LogP contribution in [-0.4, -0.2) is 38.3 Å². The van der Waals surface area contributed by atoms with Crippen molar-refractivity contribution in [3.05, 3.63) is 51.6 Å². The highest BCUT2D eigenvalue weighted by molar-refractivity contribution is 6.33. The minimum absolute atomic E-state index is 0.00289. The van der Waals surface area contributed by atoms with Crippen molar-refractivity contribution in [3.63, 3.8) is 0 Å². The van der Waals surface area contributed by atoms with Crippen LogP contribution in [0.2, 0.25) is 5.02 Å². The van der Waals surface area contributed by atoms with Crippen molar-refractivity contribution in [2.45, 2.75) is 90.7 Å². The molecule has 3 aromatic rings. The number of anilines is 1. The Morgan fingerprint density at radius 3 is 2.45 bits per heavy atom. The average molecular weight is 600 g/mol. The van der Waals surface area contributed by atoms with Crippen molar-refractivity contribution in [1.82, 2.24) is 14.9 Å². The van der Waals surface area contributed by atoms with E-state index in [1.807, 2.05) is 6.07 Å². The summed E-state index contributed by atoms with van der Waals surface area (Å²) in [5, 5.41) is 10.9. The van der Waals surface area contributed by atoms with Gasteiger partial charge >= 0.3 is 6.09 Å². The molecule has 3 aliphatic rings. The van der Waals surface area contributed by atoms with Crippen LogP contribution in [-0.2, 0) is 27.8 Å². The summed E-state index contributed by atoms with van der Waals surface area (Å²) in [6.45, 7) is 10.9. The van der Waals surface area contributed by atoms with Gasteiger partial charge in [-0.1, -0.05) is 35.8 Å². The average Bonchev–Trinajstić information content (AvgIpc) is 3.43. The molecule has 2 amide bonds. The molecule has 3 saturated carbocycles. The first-order valence-electron chi connectivity index (χ1n) is 13.9. The zero-order valence-electron chi connectivity index (χ0n) is 24.6. The number of ketones is 1. The number of benzene rings is 1. The molecule has 1 aromatic carbocycles. The van der Waals surface area contributed by atoms with E-state index in [4.69, 9.17) is 26.6 Å². The van der Waals surface area contributed by atoms with E-state index in [1.165, 1.54) is 16.8 Å². The quantitative estimate of drug-likeness (QED) is 0.300. The standard InChI is InChI=1S/C30H35ClFN5O5/c1-15(2)37-26(34-27(40)41-28(3,4)5)21(25(33)39)24(35-37)19-8-7-16(23(32)22(19)31)9-17(38)10-18-11-20(36-42-18)30-12-29(6,13-30)14-30/h7-8,11,15H,9-10,12-14H2,1-6H3,(H2,33,39)(H,34,40). The van der Waals surface area contributed by atoms with Gasteiger partial charge in [0.2, 0.25) is 0 Å². The molecule has 6 rings (SSSR count). The van der Waals surface area contributed by atoms with Crippen molar-refractivity contribution in [3.8, 4) is 11.3 Å². The number of primary amides is 1. The summed E-state index contributed by atoms with van der Waals surface area (Å²) in [5.41, 5.74) is 6.28. The number of amides is 2. The van der Waals surface area contributed by atoms with E-state index >= 15 is 4.39 Å². The highest BCUT2D eigenvalue weighted by Gasteiger charge is 2.66. The first-order valence-corrected chi connectivity index (χ1v) is 14.3. The summed E-state index contributed by atoms with van der Waals surface area (Å²) in [4.78, 5) is 38.0. The van der Waals surface area contributed by atoms with Crippen molar-refractivity contribution in [2.75, 3.05) is 5.32 Å². The van der Waals surface area contributed by atoms with Gasteiger partial charge in [0.25, 0.3) is 5.91 Å². The zero-order chi connectivity index (χ0) is 30.8. The molecule has 224 valence electrons. The lowest BCUT2D eigenvalue weighted by Crippen LogP contribution is -2.63. The van der Waals surface area contributed by atoms with Crippen LogP contribution in [0.15, 0.2) is 22.7 Å². The fraction of sp³-hybridized carbons (Fsp3) is 0.500. The largest absolute Gasteiger partial charge is 0.444 e. The number of ether oxygens (including phenoxy) is 1. The lowest BCUT2D eigenvalue weighted by molar-refractivity contribution is -0.129. The van der Waals surface area contributed by atoms with E-state index in [2.05, 4.69) is 22.5 Å². The first-order chi connectivity index (χ1) is 19.5. The van der Waals surface area contributed by atoms with Gasteiger partial charge in [0, 0.05) is 29.5 Å². The van der Waals surface area contributed by atoms with Gasteiger partial charge in [0.05, 0.1) is 17.1 Å². The summed E-state index contributed by atoms with van der Waals surface area (Å²) in [6.07, 6.45) is 2.19. The van der Waals surface area contributed by atoms with E-state index in [-0.39, 0.29) is 63.3 Å². The van der Waals surface area contributed by atoms with E-state index in [1.54, 1.807) is 34.6 Å². The molecule has 10 nitrogen and oxygen atoms in total. The van der Waals surface area contributed by atoms with Crippen LogP contribution >= 0.6 is 11.6 Å². The maximum atomic E-state index is 15.5. The number of nitrogens with one attached hydrogen (secondary N) is 1. The second kappa shape index (κ2) is 10.2.